The van der Waals surface area contributed by atoms with Gasteiger partial charge in [0.1, 0.15) is 0 Å². The smallest absolute Gasteiger partial charge is 0.0910 e. The highest BCUT2D eigenvalue weighted by molar-refractivity contribution is 5.48. The number of likely N-dealkylation sites (N-methyl/N-ethyl adjacent to an activating group) is 1. The predicted molar refractivity (Wildman–Crippen MR) is 86.6 cm³/mol. The Balaban J connectivity index is 2.01. The predicted octanol–water partition coefficient (Wildman–Crippen LogP) is 1.89. The number of aliphatic hydroxyl groups excluding tert-OH is 1. The van der Waals surface area contributed by atoms with E-state index in [9.17, 15) is 5.11 Å². The van der Waals surface area contributed by atoms with E-state index in [1.807, 2.05) is 37.9 Å². The van der Waals surface area contributed by atoms with Gasteiger partial charge in [-0.15, -0.1) is 0 Å². The lowest BCUT2D eigenvalue weighted by molar-refractivity contribution is 0.155. The lowest BCUT2D eigenvalue weighted by Crippen LogP contribution is -2.32. The summed E-state index contributed by atoms with van der Waals surface area (Å²) in [6, 6.07) is 8.23. The quantitative estimate of drug-likeness (QED) is 0.881. The highest BCUT2D eigenvalue weighted by Crippen LogP contribution is 2.17. The molecule has 1 aromatic heterocycles. The molecule has 0 radical (unpaired) electrons. The van der Waals surface area contributed by atoms with Gasteiger partial charge in [-0.3, -0.25) is 4.68 Å². The fraction of sp³-hybridized carbons (Fsp3) is 0.438. The summed E-state index contributed by atoms with van der Waals surface area (Å²) in [6.07, 6.45) is -0.507. The van der Waals surface area contributed by atoms with Crippen molar-refractivity contribution in [3.8, 4) is 0 Å². The number of nitrogens with two attached hydrogens (primary N) is 1. The first-order chi connectivity index (χ1) is 9.88. The molecule has 0 aliphatic rings. The number of benzene rings is 1. The minimum Gasteiger partial charge on any atom is -0.396 e. The summed E-state index contributed by atoms with van der Waals surface area (Å²) in [5.41, 5.74) is 10.6. The van der Waals surface area contributed by atoms with Gasteiger partial charge in [0, 0.05) is 19.3 Å². The third kappa shape index (κ3) is 3.55. The molecule has 0 bridgehead atoms. The van der Waals surface area contributed by atoms with Crippen molar-refractivity contribution in [3.63, 3.8) is 0 Å². The van der Waals surface area contributed by atoms with Crippen LogP contribution in [-0.4, -0.2) is 34.6 Å². The van der Waals surface area contributed by atoms with Crippen molar-refractivity contribution in [3.05, 3.63) is 41.2 Å². The van der Waals surface area contributed by atoms with E-state index >= 15 is 0 Å². The number of hydrogen-bond donors (Lipinski definition) is 2. The van der Waals surface area contributed by atoms with Gasteiger partial charge in [0.05, 0.1) is 29.7 Å². The SMILES string of the molecule is Cc1cccc(N(C)CC(O)Cn2nc(C)c(N)c2C)c1. The molecular weight excluding hydrogens is 264 g/mol. The van der Waals surface area contributed by atoms with Gasteiger partial charge < -0.3 is 15.7 Å². The van der Waals surface area contributed by atoms with E-state index in [2.05, 4.69) is 24.2 Å². The molecule has 0 aliphatic heterocycles. The van der Waals surface area contributed by atoms with Crippen molar-refractivity contribution in [1.82, 2.24) is 9.78 Å². The van der Waals surface area contributed by atoms with E-state index in [0.717, 1.165) is 17.1 Å². The summed E-state index contributed by atoms with van der Waals surface area (Å²) in [5, 5.41) is 14.6. The van der Waals surface area contributed by atoms with Crippen LogP contribution in [0.5, 0.6) is 0 Å². The Labute approximate surface area is 126 Å². The zero-order chi connectivity index (χ0) is 15.6. The van der Waals surface area contributed by atoms with Crippen molar-refractivity contribution in [2.45, 2.75) is 33.4 Å². The number of rotatable bonds is 5. The van der Waals surface area contributed by atoms with E-state index in [4.69, 9.17) is 5.73 Å². The standard InChI is InChI=1S/C16H24N4O/c1-11-6-5-7-14(8-11)19(4)9-15(21)10-20-13(3)16(17)12(2)18-20/h5-8,15,21H,9-10,17H2,1-4H3. The Kier molecular flexibility index (Phi) is 4.53. The Hall–Kier alpha value is -2.01. The molecule has 2 rings (SSSR count). The molecule has 0 saturated carbocycles. The Bertz CT molecular complexity index is 621. The molecule has 0 aliphatic carbocycles. The maximum absolute atomic E-state index is 10.3. The largest absolute Gasteiger partial charge is 0.396 e. The minimum atomic E-state index is -0.507. The molecular formula is C16H24N4O. The van der Waals surface area contributed by atoms with Crippen molar-refractivity contribution in [2.24, 2.45) is 0 Å². The lowest BCUT2D eigenvalue weighted by Gasteiger charge is -2.23. The topological polar surface area (TPSA) is 67.3 Å². The van der Waals surface area contributed by atoms with Crippen molar-refractivity contribution in [1.29, 1.82) is 0 Å². The van der Waals surface area contributed by atoms with Crippen molar-refractivity contribution >= 4 is 11.4 Å². The van der Waals surface area contributed by atoms with Crippen LogP contribution in [0.15, 0.2) is 24.3 Å². The maximum Gasteiger partial charge on any atom is 0.0910 e. The van der Waals surface area contributed by atoms with Gasteiger partial charge in [-0.05, 0) is 38.5 Å². The van der Waals surface area contributed by atoms with Crippen LogP contribution >= 0.6 is 0 Å². The van der Waals surface area contributed by atoms with Crippen molar-refractivity contribution in [2.75, 3.05) is 24.2 Å². The Morgan fingerprint density at radius 1 is 1.33 bits per heavy atom. The number of nitrogen functional groups attached to an aromatic ring is 1. The molecule has 1 aromatic carbocycles. The van der Waals surface area contributed by atoms with Gasteiger partial charge in [-0.25, -0.2) is 0 Å². The molecule has 114 valence electrons. The Morgan fingerprint density at radius 3 is 2.62 bits per heavy atom. The number of hydrogen-bond acceptors (Lipinski definition) is 4. The van der Waals surface area contributed by atoms with Gasteiger partial charge in [-0.2, -0.15) is 5.10 Å². The summed E-state index contributed by atoms with van der Waals surface area (Å²) in [4.78, 5) is 2.05. The Morgan fingerprint density at radius 2 is 2.05 bits per heavy atom. The van der Waals surface area contributed by atoms with Gasteiger partial charge in [-0.1, -0.05) is 12.1 Å². The number of aryl methyl sites for hydroxylation is 2. The molecule has 5 heteroatoms. The normalized spacial score (nSPS) is 12.4. The summed E-state index contributed by atoms with van der Waals surface area (Å²) in [7, 11) is 1.98. The number of aliphatic hydroxyl groups is 1. The van der Waals surface area contributed by atoms with Crippen LogP contribution in [0.4, 0.5) is 11.4 Å². The van der Waals surface area contributed by atoms with Gasteiger partial charge in [0.2, 0.25) is 0 Å². The first-order valence-electron chi connectivity index (χ1n) is 7.14. The molecule has 21 heavy (non-hydrogen) atoms. The fourth-order valence-electron chi connectivity index (χ4n) is 2.43. The molecule has 2 aromatic rings. The molecule has 3 N–H and O–H groups in total. The minimum absolute atomic E-state index is 0.444. The summed E-state index contributed by atoms with van der Waals surface area (Å²) in [5.74, 6) is 0. The van der Waals surface area contributed by atoms with Gasteiger partial charge in [0.15, 0.2) is 0 Å². The second-order valence-corrected chi connectivity index (χ2v) is 5.64. The fourth-order valence-corrected chi connectivity index (χ4v) is 2.43. The molecule has 5 nitrogen and oxygen atoms in total. The molecule has 1 heterocycles. The molecule has 0 amide bonds. The van der Waals surface area contributed by atoms with Crippen LogP contribution < -0.4 is 10.6 Å². The summed E-state index contributed by atoms with van der Waals surface area (Å²) in [6.45, 7) is 6.85. The first-order valence-corrected chi connectivity index (χ1v) is 7.14. The zero-order valence-corrected chi connectivity index (χ0v) is 13.2. The molecule has 1 atom stereocenters. The molecule has 0 saturated heterocycles. The van der Waals surface area contributed by atoms with E-state index in [1.54, 1.807) is 4.68 Å². The molecule has 1 unspecified atom stereocenters. The number of aromatic nitrogens is 2. The average Bonchev–Trinajstić information content (AvgIpc) is 2.66. The number of anilines is 2. The number of nitrogens with zero attached hydrogens (tertiary/aromatic N) is 3. The second-order valence-electron chi connectivity index (χ2n) is 5.64. The van der Waals surface area contributed by atoms with Crippen LogP contribution in [0.25, 0.3) is 0 Å². The van der Waals surface area contributed by atoms with Crippen LogP contribution in [0.1, 0.15) is 17.0 Å². The van der Waals surface area contributed by atoms with Crippen molar-refractivity contribution < 1.29 is 5.11 Å². The summed E-state index contributed by atoms with van der Waals surface area (Å²) < 4.78 is 1.78. The van der Waals surface area contributed by atoms with Crippen LogP contribution in [0.2, 0.25) is 0 Å². The highest BCUT2D eigenvalue weighted by Gasteiger charge is 2.14. The lowest BCUT2D eigenvalue weighted by atomic mass is 10.2. The van der Waals surface area contributed by atoms with E-state index in [-0.39, 0.29) is 0 Å². The second kappa shape index (κ2) is 6.18. The van der Waals surface area contributed by atoms with Gasteiger partial charge in [0.25, 0.3) is 0 Å². The van der Waals surface area contributed by atoms with Crippen LogP contribution in [-0.2, 0) is 6.54 Å². The monoisotopic (exact) mass is 288 g/mol. The van der Waals surface area contributed by atoms with Gasteiger partial charge >= 0.3 is 0 Å². The first kappa shape index (κ1) is 15.4. The average molecular weight is 288 g/mol. The van der Waals surface area contributed by atoms with Crippen LogP contribution in [0, 0.1) is 20.8 Å². The zero-order valence-electron chi connectivity index (χ0n) is 13.2. The van der Waals surface area contributed by atoms with E-state index < -0.39 is 6.10 Å². The third-order valence-electron chi connectivity index (χ3n) is 3.75. The highest BCUT2D eigenvalue weighted by atomic mass is 16.3. The molecule has 0 spiro atoms. The third-order valence-corrected chi connectivity index (χ3v) is 3.75. The van der Waals surface area contributed by atoms with E-state index in [0.29, 0.717) is 18.8 Å². The molecule has 0 fully saturated rings. The summed E-state index contributed by atoms with van der Waals surface area (Å²) >= 11 is 0. The van der Waals surface area contributed by atoms with Crippen LogP contribution in [0.3, 0.4) is 0 Å². The van der Waals surface area contributed by atoms with E-state index in [1.165, 1.54) is 5.56 Å². The maximum atomic E-state index is 10.3.